The Kier molecular flexibility index (Phi) is 9.15. The van der Waals surface area contributed by atoms with Gasteiger partial charge in [-0.3, -0.25) is 4.79 Å². The van der Waals surface area contributed by atoms with Gasteiger partial charge in [0, 0.05) is 12.8 Å². The van der Waals surface area contributed by atoms with E-state index in [0.717, 1.165) is 32.1 Å². The van der Waals surface area contributed by atoms with E-state index >= 15 is 0 Å². The molecule has 1 rings (SSSR count). The molecular formula is C17H26O6. The van der Waals surface area contributed by atoms with Crippen molar-refractivity contribution >= 4 is 12.1 Å². The molecule has 0 bridgehead atoms. The van der Waals surface area contributed by atoms with Gasteiger partial charge in [-0.05, 0) is 25.7 Å². The zero-order valence-corrected chi connectivity index (χ0v) is 13.6. The average Bonchev–Trinajstić information content (AvgIpc) is 2.87. The van der Waals surface area contributed by atoms with Crippen LogP contribution in [0.15, 0.2) is 0 Å². The standard InChI is InChI=1S/C17H26O6/c1-2-3-4-7-10-13(18)16-14(22-17(21)23-16)11-8-5-6-9-12-15(19)20/h13-14,16,18H,2-6,8-9,11-12H2,1H3,(H,19,20)/t13-,14-,16-/m0/s1. The number of carboxylic acid groups (broad SMARTS) is 1. The molecule has 0 amide bonds. The van der Waals surface area contributed by atoms with Crippen LogP contribution in [0.3, 0.4) is 0 Å². The monoisotopic (exact) mass is 326 g/mol. The topological polar surface area (TPSA) is 93.1 Å². The predicted octanol–water partition coefficient (Wildman–Crippen LogP) is 2.87. The molecule has 1 fully saturated rings. The van der Waals surface area contributed by atoms with E-state index in [-0.39, 0.29) is 6.42 Å². The maximum absolute atomic E-state index is 11.3. The largest absolute Gasteiger partial charge is 0.509 e. The first-order chi connectivity index (χ1) is 11.0. The van der Waals surface area contributed by atoms with Crippen molar-refractivity contribution in [3.63, 3.8) is 0 Å². The Hall–Kier alpha value is -1.74. The number of hydrogen-bond donors (Lipinski definition) is 2. The number of rotatable bonds is 10. The van der Waals surface area contributed by atoms with Gasteiger partial charge in [-0.25, -0.2) is 4.79 Å². The highest BCUT2D eigenvalue weighted by Gasteiger charge is 2.40. The van der Waals surface area contributed by atoms with Gasteiger partial charge in [-0.1, -0.05) is 32.1 Å². The van der Waals surface area contributed by atoms with Crippen LogP contribution in [0.2, 0.25) is 0 Å². The Balaban J connectivity index is 2.32. The minimum Gasteiger partial charge on any atom is -0.481 e. The van der Waals surface area contributed by atoms with Gasteiger partial charge in [0.05, 0.1) is 0 Å². The lowest BCUT2D eigenvalue weighted by molar-refractivity contribution is -0.137. The van der Waals surface area contributed by atoms with Crippen LogP contribution in [-0.4, -0.2) is 40.6 Å². The molecule has 0 aliphatic carbocycles. The molecule has 1 heterocycles. The first-order valence-electron chi connectivity index (χ1n) is 8.30. The van der Waals surface area contributed by atoms with Gasteiger partial charge < -0.3 is 19.7 Å². The molecule has 3 atom stereocenters. The second-order valence-corrected chi connectivity index (χ2v) is 5.70. The lowest BCUT2D eigenvalue weighted by atomic mass is 10.0. The summed E-state index contributed by atoms with van der Waals surface area (Å²) in [6.45, 7) is 2.07. The number of ether oxygens (including phenoxy) is 2. The average molecular weight is 326 g/mol. The highest BCUT2D eigenvalue weighted by Crippen LogP contribution is 2.23. The highest BCUT2D eigenvalue weighted by atomic mass is 16.8. The van der Waals surface area contributed by atoms with Crippen molar-refractivity contribution < 1.29 is 29.3 Å². The molecule has 1 saturated heterocycles. The second kappa shape index (κ2) is 10.9. The van der Waals surface area contributed by atoms with Crippen LogP contribution in [0.4, 0.5) is 4.79 Å². The number of unbranched alkanes of at least 4 members (excludes halogenated alkanes) is 5. The normalized spacial score (nSPS) is 21.0. The third-order valence-electron chi connectivity index (χ3n) is 3.69. The summed E-state index contributed by atoms with van der Waals surface area (Å²) in [7, 11) is 0. The summed E-state index contributed by atoms with van der Waals surface area (Å²) >= 11 is 0. The quantitative estimate of drug-likeness (QED) is 0.364. The van der Waals surface area contributed by atoms with Crippen LogP contribution in [0, 0.1) is 11.8 Å². The van der Waals surface area contributed by atoms with Gasteiger partial charge in [-0.2, -0.15) is 0 Å². The van der Waals surface area contributed by atoms with Crippen LogP contribution in [-0.2, 0) is 14.3 Å². The zero-order valence-electron chi connectivity index (χ0n) is 13.6. The zero-order chi connectivity index (χ0) is 17.1. The van der Waals surface area contributed by atoms with Crippen LogP contribution in [0.1, 0.15) is 64.7 Å². The first-order valence-corrected chi connectivity index (χ1v) is 8.30. The number of cyclic esters (lactones) is 2. The fourth-order valence-corrected chi connectivity index (χ4v) is 2.40. The second-order valence-electron chi connectivity index (χ2n) is 5.70. The molecular weight excluding hydrogens is 300 g/mol. The van der Waals surface area contributed by atoms with E-state index in [1.54, 1.807) is 0 Å². The van der Waals surface area contributed by atoms with E-state index in [0.29, 0.717) is 19.3 Å². The van der Waals surface area contributed by atoms with Crippen LogP contribution < -0.4 is 0 Å². The SMILES string of the molecule is CCCCC#C[C@H](O)[C@@H]1OC(=O)O[C@H]1CCCCCCC(=O)O. The molecule has 0 saturated carbocycles. The molecule has 6 nitrogen and oxygen atoms in total. The van der Waals surface area contributed by atoms with Crippen molar-refractivity contribution in [1.29, 1.82) is 0 Å². The molecule has 0 radical (unpaired) electrons. The summed E-state index contributed by atoms with van der Waals surface area (Å²) in [5.41, 5.74) is 0. The van der Waals surface area contributed by atoms with Gasteiger partial charge in [0.15, 0.2) is 12.2 Å². The molecule has 0 unspecified atom stereocenters. The van der Waals surface area contributed by atoms with E-state index in [9.17, 15) is 14.7 Å². The molecule has 0 aromatic rings. The summed E-state index contributed by atoms with van der Waals surface area (Å²) in [4.78, 5) is 21.7. The van der Waals surface area contributed by atoms with Crippen molar-refractivity contribution in [3.8, 4) is 11.8 Å². The van der Waals surface area contributed by atoms with E-state index in [1.165, 1.54) is 0 Å². The summed E-state index contributed by atoms with van der Waals surface area (Å²) < 4.78 is 10.1. The fourth-order valence-electron chi connectivity index (χ4n) is 2.40. The number of carbonyl (C=O) groups is 2. The minimum absolute atomic E-state index is 0.177. The molecule has 0 aromatic carbocycles. The van der Waals surface area contributed by atoms with Crippen molar-refractivity contribution in [2.75, 3.05) is 0 Å². The Morgan fingerprint density at radius 2 is 1.96 bits per heavy atom. The summed E-state index contributed by atoms with van der Waals surface area (Å²) in [5, 5.41) is 18.6. The van der Waals surface area contributed by atoms with E-state index in [1.807, 2.05) is 0 Å². The number of aliphatic hydroxyl groups excluding tert-OH is 1. The Morgan fingerprint density at radius 3 is 2.65 bits per heavy atom. The van der Waals surface area contributed by atoms with Crippen LogP contribution in [0.5, 0.6) is 0 Å². The number of aliphatic hydroxyl groups is 1. The maximum Gasteiger partial charge on any atom is 0.509 e. The third kappa shape index (κ3) is 7.89. The summed E-state index contributed by atoms with van der Waals surface area (Å²) in [6.07, 6.45) is 3.56. The Morgan fingerprint density at radius 1 is 1.22 bits per heavy atom. The lowest BCUT2D eigenvalue weighted by Gasteiger charge is -2.17. The molecule has 1 aliphatic heterocycles. The number of aliphatic carboxylic acids is 1. The summed E-state index contributed by atoms with van der Waals surface area (Å²) in [5.74, 6) is 4.82. The predicted molar refractivity (Wildman–Crippen MR) is 83.8 cm³/mol. The van der Waals surface area contributed by atoms with Crippen molar-refractivity contribution in [2.45, 2.75) is 83.0 Å². The molecule has 1 aliphatic rings. The lowest BCUT2D eigenvalue weighted by Crippen LogP contribution is -2.34. The highest BCUT2D eigenvalue weighted by molar-refractivity contribution is 5.66. The molecule has 2 N–H and O–H groups in total. The minimum atomic E-state index is -1.03. The van der Waals surface area contributed by atoms with Crippen LogP contribution >= 0.6 is 0 Å². The molecule has 0 spiro atoms. The number of carboxylic acids is 1. The van der Waals surface area contributed by atoms with Gasteiger partial charge in [0.2, 0.25) is 0 Å². The van der Waals surface area contributed by atoms with Gasteiger partial charge in [-0.15, -0.1) is 5.92 Å². The number of carbonyl (C=O) groups excluding carboxylic acids is 1. The van der Waals surface area contributed by atoms with Gasteiger partial charge >= 0.3 is 12.1 Å². The van der Waals surface area contributed by atoms with Gasteiger partial charge in [0.25, 0.3) is 0 Å². The molecule has 6 heteroatoms. The molecule has 0 aromatic heterocycles. The van der Waals surface area contributed by atoms with Crippen molar-refractivity contribution in [1.82, 2.24) is 0 Å². The van der Waals surface area contributed by atoms with Crippen LogP contribution in [0.25, 0.3) is 0 Å². The smallest absolute Gasteiger partial charge is 0.481 e. The van der Waals surface area contributed by atoms with E-state index in [2.05, 4.69) is 18.8 Å². The fraction of sp³-hybridized carbons (Fsp3) is 0.765. The first kappa shape index (κ1) is 19.3. The van der Waals surface area contributed by atoms with E-state index < -0.39 is 30.4 Å². The Bertz CT molecular complexity index is 436. The third-order valence-corrected chi connectivity index (χ3v) is 3.69. The van der Waals surface area contributed by atoms with E-state index in [4.69, 9.17) is 14.6 Å². The summed E-state index contributed by atoms with van der Waals surface area (Å²) in [6, 6.07) is 0. The van der Waals surface area contributed by atoms with Crippen molar-refractivity contribution in [3.05, 3.63) is 0 Å². The van der Waals surface area contributed by atoms with Gasteiger partial charge in [0.1, 0.15) is 6.10 Å². The number of hydrogen-bond acceptors (Lipinski definition) is 5. The maximum atomic E-state index is 11.3. The Labute approximate surface area is 137 Å². The van der Waals surface area contributed by atoms with Crippen molar-refractivity contribution in [2.24, 2.45) is 0 Å². The molecule has 23 heavy (non-hydrogen) atoms. The molecule has 130 valence electrons.